The molecule has 1 atom stereocenters. The van der Waals surface area contributed by atoms with Gasteiger partial charge in [0, 0.05) is 11.3 Å². The van der Waals surface area contributed by atoms with Gasteiger partial charge in [-0.15, -0.1) is 6.42 Å². The number of rotatable bonds is 7. The zero-order chi connectivity index (χ0) is 19.9. The second kappa shape index (κ2) is 8.96. The Balaban J connectivity index is 1.51. The van der Waals surface area contributed by atoms with Crippen molar-refractivity contribution in [2.75, 3.05) is 19.0 Å². The van der Waals surface area contributed by atoms with Crippen LogP contribution in [0.3, 0.4) is 0 Å². The first-order valence-electron chi connectivity index (χ1n) is 9.14. The maximum atomic E-state index is 12.3. The maximum absolute atomic E-state index is 12.3. The first kappa shape index (κ1) is 19.3. The third-order valence-electron chi connectivity index (χ3n) is 4.58. The number of hydrogen-bond acceptors (Lipinski definition) is 3. The van der Waals surface area contributed by atoms with Crippen LogP contribution in [0.2, 0.25) is 0 Å². The third-order valence-corrected chi connectivity index (χ3v) is 4.58. The van der Waals surface area contributed by atoms with Gasteiger partial charge in [-0.1, -0.05) is 24.1 Å². The molecule has 3 N–H and O–H groups in total. The summed E-state index contributed by atoms with van der Waals surface area (Å²) in [6.45, 7) is -0.133. The molecule has 1 fully saturated rings. The molecule has 2 aromatic rings. The van der Waals surface area contributed by atoms with Crippen molar-refractivity contribution in [3.05, 3.63) is 59.7 Å². The minimum absolute atomic E-state index is 0.0822. The van der Waals surface area contributed by atoms with Crippen LogP contribution in [-0.2, 0) is 4.79 Å². The van der Waals surface area contributed by atoms with Crippen LogP contribution < -0.4 is 20.7 Å². The molecule has 0 aromatic heterocycles. The predicted molar refractivity (Wildman–Crippen MR) is 108 cm³/mol. The lowest BCUT2D eigenvalue weighted by molar-refractivity contribution is -0.115. The number of urea groups is 1. The number of nitrogens with one attached hydrogen (secondary N) is 3. The Labute approximate surface area is 164 Å². The average Bonchev–Trinajstić information content (AvgIpc) is 3.56. The summed E-state index contributed by atoms with van der Waals surface area (Å²) in [5.74, 6) is 3.38. The summed E-state index contributed by atoms with van der Waals surface area (Å²) >= 11 is 0. The maximum Gasteiger partial charge on any atom is 0.315 e. The first-order chi connectivity index (χ1) is 13.6. The lowest BCUT2D eigenvalue weighted by Gasteiger charge is -2.19. The topological polar surface area (TPSA) is 79.5 Å². The van der Waals surface area contributed by atoms with Gasteiger partial charge in [0.1, 0.15) is 5.75 Å². The number of ether oxygens (including phenoxy) is 1. The minimum atomic E-state index is -0.375. The molecule has 0 spiro atoms. The van der Waals surface area contributed by atoms with Crippen molar-refractivity contribution in [3.8, 4) is 18.1 Å². The third kappa shape index (κ3) is 5.27. The van der Waals surface area contributed by atoms with E-state index in [1.165, 1.54) is 0 Å². The molecule has 144 valence electrons. The summed E-state index contributed by atoms with van der Waals surface area (Å²) in [5, 5.41) is 8.30. The van der Waals surface area contributed by atoms with E-state index >= 15 is 0 Å². The average molecular weight is 377 g/mol. The van der Waals surface area contributed by atoms with E-state index < -0.39 is 0 Å². The zero-order valence-corrected chi connectivity index (χ0v) is 15.7. The van der Waals surface area contributed by atoms with Gasteiger partial charge in [0.15, 0.2) is 0 Å². The highest BCUT2D eigenvalue weighted by Gasteiger charge is 2.33. The molecule has 0 heterocycles. The number of amides is 3. The Kier molecular flexibility index (Phi) is 6.18. The van der Waals surface area contributed by atoms with Gasteiger partial charge in [-0.3, -0.25) is 4.79 Å². The van der Waals surface area contributed by atoms with E-state index in [0.29, 0.717) is 17.2 Å². The Hall–Kier alpha value is -3.46. The summed E-state index contributed by atoms with van der Waals surface area (Å²) in [7, 11) is 1.62. The second-order valence-corrected chi connectivity index (χ2v) is 6.69. The van der Waals surface area contributed by atoms with Gasteiger partial charge in [-0.2, -0.15) is 0 Å². The smallest absolute Gasteiger partial charge is 0.315 e. The SMILES string of the molecule is C#Cc1cccc(NC(=O)CNC(=O)NC(c2ccc(OC)cc2)C2CC2)c1. The van der Waals surface area contributed by atoms with E-state index in [1.54, 1.807) is 31.4 Å². The Morgan fingerprint density at radius 3 is 2.61 bits per heavy atom. The van der Waals surface area contributed by atoms with Gasteiger partial charge in [0.05, 0.1) is 19.7 Å². The molecule has 6 heteroatoms. The Bertz CT molecular complexity index is 883. The Morgan fingerprint density at radius 1 is 1.21 bits per heavy atom. The monoisotopic (exact) mass is 377 g/mol. The highest BCUT2D eigenvalue weighted by Crippen LogP contribution is 2.41. The fourth-order valence-electron chi connectivity index (χ4n) is 2.96. The molecule has 3 amide bonds. The van der Waals surface area contributed by atoms with Crippen LogP contribution >= 0.6 is 0 Å². The van der Waals surface area contributed by atoms with Gasteiger partial charge in [-0.05, 0) is 54.7 Å². The van der Waals surface area contributed by atoms with Crippen molar-refractivity contribution in [1.29, 1.82) is 0 Å². The quantitative estimate of drug-likeness (QED) is 0.649. The van der Waals surface area contributed by atoms with E-state index in [2.05, 4.69) is 21.9 Å². The lowest BCUT2D eigenvalue weighted by atomic mass is 10.0. The molecule has 2 aromatic carbocycles. The summed E-state index contributed by atoms with van der Waals surface area (Å²) in [6.07, 6.45) is 7.50. The number of hydrogen-bond donors (Lipinski definition) is 3. The lowest BCUT2D eigenvalue weighted by Crippen LogP contribution is -2.42. The number of benzene rings is 2. The number of carbonyl (C=O) groups is 2. The number of methoxy groups -OCH3 is 1. The molecule has 0 bridgehead atoms. The fourth-order valence-corrected chi connectivity index (χ4v) is 2.96. The molecule has 3 rings (SSSR count). The van der Waals surface area contributed by atoms with Crippen molar-refractivity contribution < 1.29 is 14.3 Å². The van der Waals surface area contributed by atoms with E-state index in [4.69, 9.17) is 11.2 Å². The van der Waals surface area contributed by atoms with Crippen molar-refractivity contribution in [3.63, 3.8) is 0 Å². The van der Waals surface area contributed by atoms with Crippen molar-refractivity contribution in [2.24, 2.45) is 5.92 Å². The summed E-state index contributed by atoms with van der Waals surface area (Å²) in [4.78, 5) is 24.4. The van der Waals surface area contributed by atoms with Gasteiger partial charge in [0.25, 0.3) is 0 Å². The molecule has 1 unspecified atom stereocenters. The molecule has 1 saturated carbocycles. The van der Waals surface area contributed by atoms with Gasteiger partial charge in [-0.25, -0.2) is 4.79 Å². The molecule has 6 nitrogen and oxygen atoms in total. The Morgan fingerprint density at radius 2 is 1.96 bits per heavy atom. The van der Waals surface area contributed by atoms with Gasteiger partial charge in [0.2, 0.25) is 5.91 Å². The molecular formula is C22H23N3O3. The van der Waals surface area contributed by atoms with Gasteiger partial charge < -0.3 is 20.7 Å². The standard InChI is InChI=1S/C22H23N3O3/c1-3-15-5-4-6-18(13-15)24-20(26)14-23-22(27)25-21(16-7-8-16)17-9-11-19(28-2)12-10-17/h1,4-6,9-13,16,21H,7-8,14H2,2H3,(H,24,26)(H2,23,25,27). The zero-order valence-electron chi connectivity index (χ0n) is 15.7. The van der Waals surface area contributed by atoms with E-state index in [-0.39, 0.29) is 24.5 Å². The van der Waals surface area contributed by atoms with Crippen LogP contribution in [0.15, 0.2) is 48.5 Å². The second-order valence-electron chi connectivity index (χ2n) is 6.69. The number of terminal acetylenes is 1. The number of anilines is 1. The summed E-state index contributed by atoms with van der Waals surface area (Å²) in [6, 6.07) is 14.2. The highest BCUT2D eigenvalue weighted by atomic mass is 16.5. The molecule has 0 saturated heterocycles. The van der Waals surface area contributed by atoms with Gasteiger partial charge >= 0.3 is 6.03 Å². The minimum Gasteiger partial charge on any atom is -0.497 e. The fraction of sp³-hybridized carbons (Fsp3) is 0.273. The van der Waals surface area contributed by atoms with Crippen LogP contribution in [0.4, 0.5) is 10.5 Å². The molecular weight excluding hydrogens is 354 g/mol. The van der Waals surface area contributed by atoms with Crippen molar-refractivity contribution in [1.82, 2.24) is 10.6 Å². The van der Waals surface area contributed by atoms with E-state index in [0.717, 1.165) is 24.2 Å². The van der Waals surface area contributed by atoms with E-state index in [1.807, 2.05) is 24.3 Å². The predicted octanol–water partition coefficient (Wildman–Crippen LogP) is 3.07. The van der Waals surface area contributed by atoms with Crippen LogP contribution in [0.1, 0.15) is 30.0 Å². The first-order valence-corrected chi connectivity index (χ1v) is 9.14. The van der Waals surface area contributed by atoms with Crippen LogP contribution in [-0.4, -0.2) is 25.6 Å². The van der Waals surface area contributed by atoms with Crippen LogP contribution in [0.5, 0.6) is 5.75 Å². The molecule has 0 radical (unpaired) electrons. The molecule has 0 aliphatic heterocycles. The highest BCUT2D eigenvalue weighted by molar-refractivity contribution is 5.94. The van der Waals surface area contributed by atoms with Crippen LogP contribution in [0, 0.1) is 18.3 Å². The molecule has 1 aliphatic carbocycles. The summed E-state index contributed by atoms with van der Waals surface area (Å²) in [5.41, 5.74) is 2.29. The molecule has 1 aliphatic rings. The summed E-state index contributed by atoms with van der Waals surface area (Å²) < 4.78 is 5.18. The largest absolute Gasteiger partial charge is 0.497 e. The number of carbonyl (C=O) groups excluding carboxylic acids is 2. The van der Waals surface area contributed by atoms with E-state index in [9.17, 15) is 9.59 Å². The normalized spacial score (nSPS) is 13.7. The van der Waals surface area contributed by atoms with Crippen molar-refractivity contribution >= 4 is 17.6 Å². The molecule has 28 heavy (non-hydrogen) atoms. The van der Waals surface area contributed by atoms with Crippen LogP contribution in [0.25, 0.3) is 0 Å². The van der Waals surface area contributed by atoms with Crippen molar-refractivity contribution in [2.45, 2.75) is 18.9 Å².